The van der Waals surface area contributed by atoms with Crippen LogP contribution in [0.15, 0.2) is 0 Å². The highest BCUT2D eigenvalue weighted by Gasteiger charge is 2.28. The van der Waals surface area contributed by atoms with Gasteiger partial charge in [0.1, 0.15) is 0 Å². The van der Waals surface area contributed by atoms with Gasteiger partial charge in [-0.1, -0.05) is 0 Å². The van der Waals surface area contributed by atoms with Crippen LogP contribution in [0.2, 0.25) is 0 Å². The normalized spacial score (nSPS) is 26.9. The molecule has 0 radical (unpaired) electrons. The van der Waals surface area contributed by atoms with Crippen LogP contribution in [0.4, 0.5) is 0 Å². The summed E-state index contributed by atoms with van der Waals surface area (Å²) in [5.41, 5.74) is 0. The van der Waals surface area contributed by atoms with Crippen molar-refractivity contribution in [2.75, 3.05) is 51.6 Å². The number of rotatable bonds is 4. The number of nitrogens with zero attached hydrogens (tertiary/aromatic N) is 3. The third-order valence-electron chi connectivity index (χ3n) is 5.46. The van der Waals surface area contributed by atoms with Crippen LogP contribution in [-0.4, -0.2) is 95.2 Å². The van der Waals surface area contributed by atoms with Gasteiger partial charge < -0.3 is 19.4 Å². The number of hydrogen-bond acceptors (Lipinski definition) is 5. The van der Waals surface area contributed by atoms with E-state index in [1.165, 1.54) is 12.8 Å². The minimum atomic E-state index is 0.0246. The first-order chi connectivity index (χ1) is 12.5. The number of hydrogen-bond donors (Lipinski definition) is 3. The van der Waals surface area contributed by atoms with Crippen LogP contribution in [0.3, 0.4) is 0 Å². The van der Waals surface area contributed by atoms with E-state index in [-0.39, 0.29) is 6.10 Å². The Labute approximate surface area is 160 Å². The van der Waals surface area contributed by atoms with Crippen molar-refractivity contribution in [3.8, 4) is 0 Å². The van der Waals surface area contributed by atoms with Crippen molar-refractivity contribution < 1.29 is 4.74 Å². The quantitative estimate of drug-likeness (QED) is 0.512. The van der Waals surface area contributed by atoms with Crippen molar-refractivity contribution in [2.24, 2.45) is 0 Å². The second kappa shape index (κ2) is 9.08. The van der Waals surface area contributed by atoms with E-state index in [2.05, 4.69) is 14.7 Å². The maximum atomic E-state index is 8.55. The molecule has 3 aliphatic heterocycles. The third kappa shape index (κ3) is 5.13. The van der Waals surface area contributed by atoms with Gasteiger partial charge in [0.05, 0.1) is 30.2 Å². The smallest absolute Gasteiger partial charge is 0.0984 e. The van der Waals surface area contributed by atoms with E-state index in [1.807, 2.05) is 18.7 Å². The summed E-state index contributed by atoms with van der Waals surface area (Å²) in [5.74, 6) is 3.05. The van der Waals surface area contributed by atoms with E-state index in [1.54, 1.807) is 0 Å². The molecule has 7 nitrogen and oxygen atoms in total. The standard InChI is InChI=1S/C18H32N6OS/c1-14(19)23-7-9-26-16(13-23)11-18(21)24-6-8-25-15(12-24)10-17(20)22-4-2-3-5-22/h15-16,19-21H,2-13H2,1H3. The Hall–Kier alpha value is -1.28. The highest BCUT2D eigenvalue weighted by atomic mass is 32.2. The first kappa shape index (κ1) is 19.5. The molecule has 3 rings (SSSR count). The highest BCUT2D eigenvalue weighted by Crippen LogP contribution is 2.23. The lowest BCUT2D eigenvalue weighted by Gasteiger charge is -2.38. The number of ether oxygens (including phenoxy) is 1. The Bertz CT molecular complexity index is 536. The van der Waals surface area contributed by atoms with Gasteiger partial charge in [0.25, 0.3) is 0 Å². The maximum Gasteiger partial charge on any atom is 0.0984 e. The summed E-state index contributed by atoms with van der Waals surface area (Å²) in [6.45, 7) is 7.82. The Morgan fingerprint density at radius 1 is 0.923 bits per heavy atom. The second-order valence-corrected chi connectivity index (χ2v) is 8.87. The maximum absolute atomic E-state index is 8.55. The molecule has 3 saturated heterocycles. The first-order valence-corrected chi connectivity index (χ1v) is 10.8. The first-order valence-electron chi connectivity index (χ1n) is 9.71. The highest BCUT2D eigenvalue weighted by molar-refractivity contribution is 8.00. The molecule has 3 fully saturated rings. The van der Waals surface area contributed by atoms with Crippen molar-refractivity contribution in [1.29, 1.82) is 16.2 Å². The van der Waals surface area contributed by atoms with Gasteiger partial charge >= 0.3 is 0 Å². The lowest BCUT2D eigenvalue weighted by molar-refractivity contribution is -0.00308. The minimum Gasteiger partial charge on any atom is -0.374 e. The summed E-state index contributed by atoms with van der Waals surface area (Å²) < 4.78 is 5.88. The molecule has 0 aromatic rings. The number of thioether (sulfide) groups is 1. The van der Waals surface area contributed by atoms with Crippen molar-refractivity contribution in [1.82, 2.24) is 14.7 Å². The van der Waals surface area contributed by atoms with Crippen LogP contribution in [0.1, 0.15) is 32.6 Å². The molecule has 0 spiro atoms. The fourth-order valence-electron chi connectivity index (χ4n) is 3.91. The topological polar surface area (TPSA) is 90.5 Å². The molecular weight excluding hydrogens is 348 g/mol. The van der Waals surface area contributed by atoms with Crippen LogP contribution < -0.4 is 0 Å². The van der Waals surface area contributed by atoms with Gasteiger partial charge in [-0.15, -0.1) is 0 Å². The van der Waals surface area contributed by atoms with Crippen LogP contribution in [0.25, 0.3) is 0 Å². The number of amidine groups is 3. The predicted molar refractivity (Wildman–Crippen MR) is 108 cm³/mol. The number of morpholine rings is 1. The Morgan fingerprint density at radius 2 is 1.65 bits per heavy atom. The average Bonchev–Trinajstić information content (AvgIpc) is 3.17. The van der Waals surface area contributed by atoms with E-state index in [4.69, 9.17) is 21.0 Å². The van der Waals surface area contributed by atoms with Gasteiger partial charge in [0.2, 0.25) is 0 Å². The molecule has 0 amide bonds. The zero-order valence-electron chi connectivity index (χ0n) is 15.8. The fraction of sp³-hybridized carbons (Fsp3) is 0.833. The van der Waals surface area contributed by atoms with E-state index < -0.39 is 0 Å². The molecule has 0 bridgehead atoms. The molecule has 3 aliphatic rings. The summed E-state index contributed by atoms with van der Waals surface area (Å²) in [6, 6.07) is 0. The van der Waals surface area contributed by atoms with Crippen molar-refractivity contribution in [3.05, 3.63) is 0 Å². The van der Waals surface area contributed by atoms with Crippen LogP contribution in [0, 0.1) is 16.2 Å². The summed E-state index contributed by atoms with van der Waals surface area (Å²) in [4.78, 5) is 6.43. The van der Waals surface area contributed by atoms with Crippen molar-refractivity contribution in [2.45, 2.75) is 44.0 Å². The van der Waals surface area contributed by atoms with E-state index in [0.717, 1.165) is 51.4 Å². The Morgan fingerprint density at radius 3 is 2.38 bits per heavy atom. The molecule has 2 unspecified atom stereocenters. The Balaban J connectivity index is 1.46. The van der Waals surface area contributed by atoms with E-state index in [9.17, 15) is 0 Å². The van der Waals surface area contributed by atoms with Crippen molar-refractivity contribution in [3.63, 3.8) is 0 Å². The zero-order valence-corrected chi connectivity index (χ0v) is 16.6. The number of nitrogens with one attached hydrogen (secondary N) is 3. The summed E-state index contributed by atoms with van der Waals surface area (Å²) in [6.07, 6.45) is 3.82. The van der Waals surface area contributed by atoms with Crippen molar-refractivity contribution >= 4 is 29.3 Å². The lowest BCUT2D eigenvalue weighted by atomic mass is 10.1. The molecule has 3 N–H and O–H groups in total. The Kier molecular flexibility index (Phi) is 6.80. The minimum absolute atomic E-state index is 0.0246. The van der Waals surface area contributed by atoms with Crippen LogP contribution in [-0.2, 0) is 4.74 Å². The van der Waals surface area contributed by atoms with Gasteiger partial charge in [-0.25, -0.2) is 0 Å². The second-order valence-electron chi connectivity index (χ2n) is 7.46. The average molecular weight is 381 g/mol. The van der Waals surface area contributed by atoms with Crippen LogP contribution >= 0.6 is 11.8 Å². The molecule has 26 heavy (non-hydrogen) atoms. The molecule has 0 aliphatic carbocycles. The molecule has 0 aromatic carbocycles. The van der Waals surface area contributed by atoms with E-state index in [0.29, 0.717) is 35.8 Å². The summed E-state index contributed by atoms with van der Waals surface area (Å²) >= 11 is 1.93. The van der Waals surface area contributed by atoms with Gasteiger partial charge in [-0.3, -0.25) is 16.2 Å². The fourth-order valence-corrected chi connectivity index (χ4v) is 5.13. The summed E-state index contributed by atoms with van der Waals surface area (Å²) in [7, 11) is 0. The molecule has 8 heteroatoms. The molecular formula is C18H32N6OS. The molecule has 2 atom stereocenters. The summed E-state index contributed by atoms with van der Waals surface area (Å²) in [5, 5.41) is 25.1. The zero-order chi connectivity index (χ0) is 18.5. The molecule has 3 heterocycles. The largest absolute Gasteiger partial charge is 0.374 e. The third-order valence-corrected chi connectivity index (χ3v) is 6.67. The molecule has 0 saturated carbocycles. The van der Waals surface area contributed by atoms with Crippen LogP contribution in [0.5, 0.6) is 0 Å². The number of likely N-dealkylation sites (tertiary alicyclic amines) is 1. The van der Waals surface area contributed by atoms with Gasteiger partial charge in [0, 0.05) is 63.1 Å². The molecule has 146 valence electrons. The monoisotopic (exact) mass is 380 g/mol. The van der Waals surface area contributed by atoms with E-state index >= 15 is 0 Å². The van der Waals surface area contributed by atoms with Gasteiger partial charge in [-0.2, -0.15) is 11.8 Å². The van der Waals surface area contributed by atoms with Gasteiger partial charge in [0.15, 0.2) is 0 Å². The predicted octanol–water partition coefficient (Wildman–Crippen LogP) is 1.93. The lowest BCUT2D eigenvalue weighted by Crippen LogP contribution is -2.48. The van der Waals surface area contributed by atoms with Gasteiger partial charge in [-0.05, 0) is 19.8 Å². The molecule has 0 aromatic heterocycles. The SMILES string of the molecule is CC(=N)N1CCSC(CC(=N)N2CCOC(CC(=N)N3CCCC3)C2)C1.